The summed E-state index contributed by atoms with van der Waals surface area (Å²) in [6.45, 7) is 1.70. The molecular weight excluding hydrogens is 359 g/mol. The van der Waals surface area contributed by atoms with Crippen molar-refractivity contribution in [2.24, 2.45) is 0 Å². The van der Waals surface area contributed by atoms with Gasteiger partial charge in [-0.1, -0.05) is 12.1 Å². The maximum absolute atomic E-state index is 13.0. The minimum absolute atomic E-state index is 0.0656. The van der Waals surface area contributed by atoms with Gasteiger partial charge in [-0.25, -0.2) is 4.39 Å². The van der Waals surface area contributed by atoms with Gasteiger partial charge in [0.2, 0.25) is 0 Å². The molecule has 2 aromatic rings. The highest BCUT2D eigenvalue weighted by molar-refractivity contribution is 5.77. The fourth-order valence-electron chi connectivity index (χ4n) is 3.18. The average molecular weight is 386 g/mol. The molecule has 3 rings (SSSR count). The summed E-state index contributed by atoms with van der Waals surface area (Å²) in [7, 11) is 3.99. The minimum Gasteiger partial charge on any atom is -0.484 e. The van der Waals surface area contributed by atoms with Crippen LogP contribution in [0, 0.1) is 5.82 Å². The second-order valence-electron chi connectivity index (χ2n) is 7.21. The van der Waals surface area contributed by atoms with Crippen molar-refractivity contribution in [3.05, 3.63) is 59.9 Å². The quantitative estimate of drug-likeness (QED) is 0.697. The highest BCUT2D eigenvalue weighted by Gasteiger charge is 2.23. The molecule has 0 N–H and O–H groups in total. The number of amides is 1. The van der Waals surface area contributed by atoms with Crippen LogP contribution >= 0.6 is 0 Å². The van der Waals surface area contributed by atoms with Crippen molar-refractivity contribution < 1.29 is 18.7 Å². The molecule has 0 saturated carbocycles. The lowest BCUT2D eigenvalue weighted by atomic mass is 10.1. The first-order chi connectivity index (χ1) is 13.5. The third kappa shape index (κ3) is 5.70. The lowest BCUT2D eigenvalue weighted by Gasteiger charge is -2.26. The van der Waals surface area contributed by atoms with Gasteiger partial charge in [0.05, 0.1) is 6.10 Å². The number of hydrogen-bond acceptors (Lipinski definition) is 4. The maximum atomic E-state index is 13.0. The van der Waals surface area contributed by atoms with Crippen molar-refractivity contribution >= 4 is 11.6 Å². The van der Waals surface area contributed by atoms with Crippen LogP contribution in [-0.4, -0.2) is 50.8 Å². The molecule has 28 heavy (non-hydrogen) atoms. The predicted molar refractivity (Wildman–Crippen MR) is 107 cm³/mol. The van der Waals surface area contributed by atoms with Gasteiger partial charge in [-0.2, -0.15) is 0 Å². The van der Waals surface area contributed by atoms with Crippen LogP contribution in [0.25, 0.3) is 0 Å². The van der Waals surface area contributed by atoms with Crippen LogP contribution in [0.3, 0.4) is 0 Å². The summed E-state index contributed by atoms with van der Waals surface area (Å²) in [5, 5.41) is 0. The first-order valence-electron chi connectivity index (χ1n) is 9.55. The van der Waals surface area contributed by atoms with Crippen LogP contribution in [-0.2, 0) is 16.1 Å². The van der Waals surface area contributed by atoms with Gasteiger partial charge < -0.3 is 19.3 Å². The molecule has 2 aromatic carbocycles. The zero-order chi connectivity index (χ0) is 19.9. The second kappa shape index (κ2) is 9.55. The smallest absolute Gasteiger partial charge is 0.260 e. The van der Waals surface area contributed by atoms with Crippen LogP contribution in [0.5, 0.6) is 5.75 Å². The highest BCUT2D eigenvalue weighted by Crippen LogP contribution is 2.18. The molecule has 5 nitrogen and oxygen atoms in total. The fraction of sp³-hybridized carbons (Fsp3) is 0.409. The van der Waals surface area contributed by atoms with Crippen LogP contribution in [0.2, 0.25) is 0 Å². The highest BCUT2D eigenvalue weighted by atomic mass is 19.1. The molecule has 1 fully saturated rings. The molecule has 1 aliphatic rings. The summed E-state index contributed by atoms with van der Waals surface area (Å²) in [5.74, 6) is 0.0264. The normalized spacial score (nSPS) is 16.0. The third-order valence-electron chi connectivity index (χ3n) is 4.80. The Hall–Kier alpha value is -2.60. The van der Waals surface area contributed by atoms with Gasteiger partial charge in [-0.15, -0.1) is 0 Å². The van der Waals surface area contributed by atoms with E-state index in [-0.39, 0.29) is 24.4 Å². The molecule has 1 unspecified atom stereocenters. The zero-order valence-electron chi connectivity index (χ0n) is 16.4. The van der Waals surface area contributed by atoms with E-state index in [4.69, 9.17) is 9.47 Å². The summed E-state index contributed by atoms with van der Waals surface area (Å²) in [4.78, 5) is 16.6. The maximum Gasteiger partial charge on any atom is 0.260 e. The van der Waals surface area contributed by atoms with Crippen molar-refractivity contribution in [3.63, 3.8) is 0 Å². The van der Waals surface area contributed by atoms with Gasteiger partial charge in [0.15, 0.2) is 6.61 Å². The minimum atomic E-state index is -0.333. The summed E-state index contributed by atoms with van der Waals surface area (Å²) in [6.07, 6.45) is 2.05. The molecule has 1 aliphatic heterocycles. The lowest BCUT2D eigenvalue weighted by molar-refractivity contribution is -0.135. The molecule has 0 aromatic heterocycles. The number of carbonyl (C=O) groups excluding carboxylic acids is 1. The van der Waals surface area contributed by atoms with Crippen molar-refractivity contribution in [2.75, 3.05) is 38.8 Å². The summed E-state index contributed by atoms with van der Waals surface area (Å²) >= 11 is 0. The van der Waals surface area contributed by atoms with Crippen LogP contribution in [0.4, 0.5) is 10.1 Å². The molecule has 1 saturated heterocycles. The van der Waals surface area contributed by atoms with Gasteiger partial charge in [0.25, 0.3) is 5.91 Å². The van der Waals surface area contributed by atoms with Crippen LogP contribution in [0.1, 0.15) is 18.4 Å². The molecule has 1 atom stereocenters. The largest absolute Gasteiger partial charge is 0.484 e. The molecule has 150 valence electrons. The Bertz CT molecular complexity index is 756. The van der Waals surface area contributed by atoms with Crippen molar-refractivity contribution in [2.45, 2.75) is 25.5 Å². The molecule has 0 bridgehead atoms. The Balaban J connectivity index is 1.64. The van der Waals surface area contributed by atoms with E-state index in [1.54, 1.807) is 4.90 Å². The van der Waals surface area contributed by atoms with E-state index < -0.39 is 0 Å². The van der Waals surface area contributed by atoms with Crippen molar-refractivity contribution in [1.82, 2.24) is 4.90 Å². The second-order valence-corrected chi connectivity index (χ2v) is 7.21. The average Bonchev–Trinajstić information content (AvgIpc) is 3.20. The molecule has 1 amide bonds. The van der Waals surface area contributed by atoms with E-state index in [0.29, 0.717) is 18.8 Å². The zero-order valence-corrected chi connectivity index (χ0v) is 16.4. The number of carbonyl (C=O) groups is 1. The molecule has 0 spiro atoms. The lowest BCUT2D eigenvalue weighted by Crippen LogP contribution is -2.39. The SMILES string of the molecule is CN(C)c1ccc(CN(CC2CCCO2)C(=O)COc2ccc(F)cc2)cc1. The van der Waals surface area contributed by atoms with E-state index >= 15 is 0 Å². The van der Waals surface area contributed by atoms with Gasteiger partial charge in [0.1, 0.15) is 11.6 Å². The van der Waals surface area contributed by atoms with E-state index in [1.165, 1.54) is 24.3 Å². The van der Waals surface area contributed by atoms with Gasteiger partial charge >= 0.3 is 0 Å². The summed E-state index contributed by atoms with van der Waals surface area (Å²) < 4.78 is 24.3. The number of ether oxygens (including phenoxy) is 2. The molecule has 0 radical (unpaired) electrons. The topological polar surface area (TPSA) is 42.0 Å². The van der Waals surface area contributed by atoms with Gasteiger partial charge in [0, 0.05) is 39.5 Å². The molecule has 0 aliphatic carbocycles. The fourth-order valence-corrected chi connectivity index (χ4v) is 3.18. The van der Waals surface area contributed by atoms with Crippen molar-refractivity contribution in [1.29, 1.82) is 0 Å². The number of anilines is 1. The molecular formula is C22H27FN2O3. The van der Waals surface area contributed by atoms with Gasteiger partial charge in [-0.05, 0) is 54.8 Å². The summed E-state index contributed by atoms with van der Waals surface area (Å²) in [5.41, 5.74) is 2.17. The molecule has 6 heteroatoms. The number of benzene rings is 2. The Morgan fingerprint density at radius 3 is 2.46 bits per heavy atom. The first kappa shape index (κ1) is 20.1. The monoisotopic (exact) mass is 386 g/mol. The Morgan fingerprint density at radius 1 is 1.14 bits per heavy atom. The number of hydrogen-bond donors (Lipinski definition) is 0. The number of nitrogens with zero attached hydrogens (tertiary/aromatic N) is 2. The van der Waals surface area contributed by atoms with E-state index in [0.717, 1.165) is 30.7 Å². The van der Waals surface area contributed by atoms with Crippen molar-refractivity contribution in [3.8, 4) is 5.75 Å². The van der Waals surface area contributed by atoms with E-state index in [9.17, 15) is 9.18 Å². The summed E-state index contributed by atoms with van der Waals surface area (Å²) in [6, 6.07) is 13.8. The predicted octanol–water partition coefficient (Wildman–Crippen LogP) is 3.48. The number of rotatable bonds is 8. The Kier molecular flexibility index (Phi) is 6.87. The number of halogens is 1. The molecule has 1 heterocycles. The van der Waals surface area contributed by atoms with E-state index in [1.807, 2.05) is 43.3 Å². The third-order valence-corrected chi connectivity index (χ3v) is 4.80. The first-order valence-corrected chi connectivity index (χ1v) is 9.55. The Labute approximate surface area is 165 Å². The van der Waals surface area contributed by atoms with Crippen LogP contribution < -0.4 is 9.64 Å². The Morgan fingerprint density at radius 2 is 1.86 bits per heavy atom. The van der Waals surface area contributed by atoms with Crippen LogP contribution in [0.15, 0.2) is 48.5 Å². The van der Waals surface area contributed by atoms with Gasteiger partial charge in [-0.3, -0.25) is 4.79 Å². The van der Waals surface area contributed by atoms with E-state index in [2.05, 4.69) is 0 Å². The standard InChI is InChI=1S/C22H27FN2O3/c1-24(2)19-9-5-17(6-10-19)14-25(15-21-4-3-13-27-21)22(26)16-28-20-11-7-18(23)8-12-20/h5-12,21H,3-4,13-16H2,1-2H3.